The van der Waals surface area contributed by atoms with Gasteiger partial charge in [0.2, 0.25) is 0 Å². The van der Waals surface area contributed by atoms with Gasteiger partial charge in [0.15, 0.2) is 6.10 Å². The number of phosphoric ester groups is 1. The maximum Gasteiger partial charge on any atom is 0.472 e. The van der Waals surface area contributed by atoms with Crippen molar-refractivity contribution in [2.75, 3.05) is 19.8 Å². The maximum absolute atomic E-state index is 12.6. The Balaban J connectivity index is 4.39. The number of allylic oxidation sites excluding steroid dienone is 8. The van der Waals surface area contributed by atoms with Gasteiger partial charge in [-0.3, -0.25) is 23.4 Å². The lowest BCUT2D eigenvalue weighted by Gasteiger charge is -2.20. The average Bonchev–Trinajstić information content (AvgIpc) is 3.22. The number of unbranched alkanes of at least 4 members (excludes halogenated alkanes) is 22. The van der Waals surface area contributed by atoms with Gasteiger partial charge in [0, 0.05) is 12.8 Å². The summed E-state index contributed by atoms with van der Waals surface area (Å²) in [7, 11) is -4.73. The fraction of sp³-hybridized carbons (Fsp3) is 0.771. The summed E-state index contributed by atoms with van der Waals surface area (Å²) in [6.45, 7) is 2.76. The summed E-state index contributed by atoms with van der Waals surface area (Å²) in [5, 5.41) is 8.90. The molecular weight excluding hydrogens is 781 g/mol. The summed E-state index contributed by atoms with van der Waals surface area (Å²) >= 11 is 0. The molecule has 0 aromatic carbocycles. The molecule has 0 rings (SSSR count). The molecule has 348 valence electrons. The number of nitrogens with two attached hydrogens (primary N) is 1. The van der Waals surface area contributed by atoms with Crippen molar-refractivity contribution < 1.29 is 47.5 Å². The van der Waals surface area contributed by atoms with Gasteiger partial charge in [0.1, 0.15) is 12.6 Å². The Kier molecular flexibility index (Phi) is 41.3. The standard InChI is InChI=1S/C48H86NO10P/c1-3-5-7-9-11-13-15-17-19-20-21-22-23-24-26-27-29-31-33-35-37-39-46(50)56-41-44(42-57-60(54,55)58-43-45(49)48(52)53)59-47(51)40-38-36-34-32-30-28-25-18-16-14-12-10-8-6-4-2/h19-20,22-23,26-27,31,33,44-45H,3-18,21,24-25,28-30,32,34-43,49H2,1-2H3,(H,52,53)(H,54,55)/b20-19+,23-22+,27-26+,33-31+/t44-,45-/m0/s1. The third-order valence-electron chi connectivity index (χ3n) is 10.1. The van der Waals surface area contributed by atoms with E-state index < -0.39 is 51.1 Å². The fourth-order valence-corrected chi connectivity index (χ4v) is 7.13. The van der Waals surface area contributed by atoms with E-state index in [2.05, 4.69) is 60.9 Å². The Hall–Kier alpha value is -2.56. The molecule has 0 amide bonds. The first-order valence-corrected chi connectivity index (χ1v) is 25.2. The minimum absolute atomic E-state index is 0.147. The molecule has 1 unspecified atom stereocenters. The van der Waals surface area contributed by atoms with Crippen LogP contribution in [0.5, 0.6) is 0 Å². The molecule has 0 saturated heterocycles. The van der Waals surface area contributed by atoms with Crippen LogP contribution in [-0.4, -0.2) is 59.9 Å². The highest BCUT2D eigenvalue weighted by Gasteiger charge is 2.28. The van der Waals surface area contributed by atoms with Gasteiger partial charge in [-0.25, -0.2) is 4.57 Å². The number of ether oxygens (including phenoxy) is 2. The molecule has 0 aromatic rings. The van der Waals surface area contributed by atoms with Gasteiger partial charge in [0.05, 0.1) is 13.2 Å². The molecule has 3 atom stereocenters. The van der Waals surface area contributed by atoms with Crippen molar-refractivity contribution in [1.29, 1.82) is 0 Å². The van der Waals surface area contributed by atoms with Gasteiger partial charge in [-0.15, -0.1) is 0 Å². The number of hydrogen-bond donors (Lipinski definition) is 3. The summed E-state index contributed by atoms with van der Waals surface area (Å²) in [4.78, 5) is 46.0. The Morgan fingerprint density at radius 2 is 0.900 bits per heavy atom. The van der Waals surface area contributed by atoms with Crippen molar-refractivity contribution in [2.24, 2.45) is 5.73 Å². The molecule has 0 bridgehead atoms. The molecule has 60 heavy (non-hydrogen) atoms. The number of carbonyl (C=O) groups excluding carboxylic acids is 2. The predicted octanol–water partition coefficient (Wildman–Crippen LogP) is 13.0. The van der Waals surface area contributed by atoms with Crippen molar-refractivity contribution in [3.05, 3.63) is 48.6 Å². The molecule has 0 aliphatic rings. The van der Waals surface area contributed by atoms with Gasteiger partial charge in [-0.1, -0.05) is 191 Å². The van der Waals surface area contributed by atoms with Crippen molar-refractivity contribution in [1.82, 2.24) is 0 Å². The Bertz CT molecular complexity index is 1200. The second kappa shape index (κ2) is 43.1. The van der Waals surface area contributed by atoms with Gasteiger partial charge in [0.25, 0.3) is 0 Å². The fourth-order valence-electron chi connectivity index (χ4n) is 6.35. The Labute approximate surface area is 365 Å². The Morgan fingerprint density at radius 3 is 1.37 bits per heavy atom. The zero-order valence-electron chi connectivity index (χ0n) is 37.8. The number of carboxylic acids is 1. The van der Waals surface area contributed by atoms with Crippen molar-refractivity contribution in [3.63, 3.8) is 0 Å². The molecule has 12 heteroatoms. The quantitative estimate of drug-likeness (QED) is 0.0230. The lowest BCUT2D eigenvalue weighted by molar-refractivity contribution is -0.161. The number of rotatable bonds is 44. The van der Waals surface area contributed by atoms with Gasteiger partial charge < -0.3 is 25.2 Å². The van der Waals surface area contributed by atoms with Crippen LogP contribution >= 0.6 is 7.82 Å². The van der Waals surface area contributed by atoms with Gasteiger partial charge >= 0.3 is 25.7 Å². The molecule has 0 spiro atoms. The predicted molar refractivity (Wildman–Crippen MR) is 245 cm³/mol. The monoisotopic (exact) mass is 868 g/mol. The van der Waals surface area contributed by atoms with E-state index in [0.717, 1.165) is 38.5 Å². The van der Waals surface area contributed by atoms with Crippen molar-refractivity contribution in [3.8, 4) is 0 Å². The maximum atomic E-state index is 12.6. The number of esters is 2. The largest absolute Gasteiger partial charge is 0.480 e. The zero-order chi connectivity index (χ0) is 44.2. The minimum atomic E-state index is -4.73. The number of carboxylic acid groups (broad SMARTS) is 1. The zero-order valence-corrected chi connectivity index (χ0v) is 38.7. The van der Waals surface area contributed by atoms with Crippen LogP contribution in [0.3, 0.4) is 0 Å². The van der Waals surface area contributed by atoms with E-state index in [9.17, 15) is 23.8 Å². The lowest BCUT2D eigenvalue weighted by Crippen LogP contribution is -2.34. The van der Waals surface area contributed by atoms with Gasteiger partial charge in [-0.05, 0) is 51.4 Å². The van der Waals surface area contributed by atoms with E-state index in [1.807, 2.05) is 6.08 Å². The van der Waals surface area contributed by atoms with E-state index in [1.165, 1.54) is 122 Å². The lowest BCUT2D eigenvalue weighted by atomic mass is 10.0. The van der Waals surface area contributed by atoms with E-state index in [4.69, 9.17) is 24.8 Å². The number of phosphoric acid groups is 1. The molecular formula is C48H86NO10P. The van der Waals surface area contributed by atoms with Crippen LogP contribution in [0.2, 0.25) is 0 Å². The molecule has 0 aliphatic heterocycles. The first kappa shape index (κ1) is 57.4. The summed E-state index contributed by atoms with van der Waals surface area (Å²) in [5.41, 5.74) is 5.34. The first-order valence-electron chi connectivity index (χ1n) is 23.7. The highest BCUT2D eigenvalue weighted by Crippen LogP contribution is 2.43. The highest BCUT2D eigenvalue weighted by molar-refractivity contribution is 7.47. The highest BCUT2D eigenvalue weighted by atomic mass is 31.2. The molecule has 4 N–H and O–H groups in total. The third kappa shape index (κ3) is 42.1. The molecule has 0 aromatic heterocycles. The van der Waals surface area contributed by atoms with Crippen LogP contribution in [0.15, 0.2) is 48.6 Å². The van der Waals surface area contributed by atoms with Crippen LogP contribution in [0.1, 0.15) is 206 Å². The Morgan fingerprint density at radius 1 is 0.517 bits per heavy atom. The topological polar surface area (TPSA) is 172 Å². The second-order valence-corrected chi connectivity index (χ2v) is 17.3. The van der Waals surface area contributed by atoms with E-state index in [-0.39, 0.29) is 19.4 Å². The second-order valence-electron chi connectivity index (χ2n) is 15.9. The van der Waals surface area contributed by atoms with Crippen LogP contribution in [0, 0.1) is 0 Å². The SMILES string of the molecule is CCCCCCCCC/C=C/C/C=C/C/C=C/C/C=C/CCCC(=O)OC[C@@H](COP(=O)(O)OC[C@H](N)C(=O)O)OC(=O)CCCCCCCCCCCCCCCCC. The van der Waals surface area contributed by atoms with E-state index in [1.54, 1.807) is 0 Å². The van der Waals surface area contributed by atoms with Crippen LogP contribution < -0.4 is 5.73 Å². The first-order chi connectivity index (χ1) is 29.1. The summed E-state index contributed by atoms with van der Waals surface area (Å²) in [5.74, 6) is -2.44. The van der Waals surface area contributed by atoms with Crippen LogP contribution in [0.4, 0.5) is 0 Å². The van der Waals surface area contributed by atoms with Crippen molar-refractivity contribution in [2.45, 2.75) is 219 Å². The van der Waals surface area contributed by atoms with E-state index in [0.29, 0.717) is 19.3 Å². The average molecular weight is 868 g/mol. The molecule has 0 heterocycles. The normalized spacial score (nSPS) is 14.1. The smallest absolute Gasteiger partial charge is 0.472 e. The summed E-state index contributed by atoms with van der Waals surface area (Å²) < 4.78 is 32.7. The summed E-state index contributed by atoms with van der Waals surface area (Å²) in [6, 6.07) is -1.53. The number of aliphatic carboxylic acids is 1. The summed E-state index contributed by atoms with van der Waals surface area (Å²) in [6.07, 6.45) is 49.0. The molecule has 0 radical (unpaired) electrons. The molecule has 0 saturated carbocycles. The van der Waals surface area contributed by atoms with Crippen LogP contribution in [0.25, 0.3) is 0 Å². The van der Waals surface area contributed by atoms with Gasteiger partial charge in [-0.2, -0.15) is 0 Å². The number of hydrogen-bond acceptors (Lipinski definition) is 9. The minimum Gasteiger partial charge on any atom is -0.480 e. The third-order valence-corrected chi connectivity index (χ3v) is 11.0. The van der Waals surface area contributed by atoms with Crippen molar-refractivity contribution >= 4 is 25.7 Å². The molecule has 11 nitrogen and oxygen atoms in total. The van der Waals surface area contributed by atoms with E-state index >= 15 is 0 Å². The molecule has 0 aliphatic carbocycles. The van der Waals surface area contributed by atoms with Crippen LogP contribution in [-0.2, 0) is 37.5 Å². The molecule has 0 fully saturated rings. The number of carbonyl (C=O) groups is 3.